The summed E-state index contributed by atoms with van der Waals surface area (Å²) in [5.41, 5.74) is 14.6. The number of hydrogen-bond donors (Lipinski definition) is 0. The van der Waals surface area contributed by atoms with Crippen molar-refractivity contribution in [1.29, 1.82) is 0 Å². The van der Waals surface area contributed by atoms with Crippen molar-refractivity contribution in [2.75, 3.05) is 0 Å². The molecule has 274 valence electrons. The Balaban J connectivity index is 1.03. The molecule has 0 saturated carbocycles. The van der Waals surface area contributed by atoms with Crippen LogP contribution in [0.25, 0.3) is 116 Å². The molecule has 0 N–H and O–H groups in total. The van der Waals surface area contributed by atoms with E-state index in [4.69, 9.17) is 15.0 Å². The van der Waals surface area contributed by atoms with Crippen LogP contribution >= 0.6 is 0 Å². The molecule has 0 bridgehead atoms. The molecule has 4 heterocycles. The number of para-hydroxylation sites is 1. The molecule has 0 fully saturated rings. The van der Waals surface area contributed by atoms with Crippen molar-refractivity contribution in [2.24, 2.45) is 0 Å². The third kappa shape index (κ3) is 5.49. The Morgan fingerprint density at radius 3 is 1.59 bits per heavy atom. The maximum absolute atomic E-state index is 5.38. The molecule has 0 unspecified atom stereocenters. The van der Waals surface area contributed by atoms with E-state index in [0.717, 1.165) is 99.7 Å². The quantitative estimate of drug-likeness (QED) is 0.165. The van der Waals surface area contributed by atoms with Crippen LogP contribution in [-0.2, 0) is 0 Å². The summed E-state index contributed by atoms with van der Waals surface area (Å²) in [7, 11) is 0. The second-order valence-electron chi connectivity index (χ2n) is 15.2. The molecule has 59 heavy (non-hydrogen) atoms. The molecule has 8 aromatic carbocycles. The lowest BCUT2D eigenvalue weighted by molar-refractivity contribution is 1.18. The van der Waals surface area contributed by atoms with Crippen molar-refractivity contribution in [3.8, 4) is 50.6 Å². The van der Waals surface area contributed by atoms with Gasteiger partial charge in [-0.15, -0.1) is 0 Å². The molecule has 0 aliphatic carbocycles. The molecule has 12 rings (SSSR count). The van der Waals surface area contributed by atoms with E-state index in [-0.39, 0.29) is 0 Å². The molecule has 0 aliphatic heterocycles. The highest BCUT2D eigenvalue weighted by Crippen LogP contribution is 2.40. The van der Waals surface area contributed by atoms with E-state index < -0.39 is 0 Å². The van der Waals surface area contributed by atoms with Gasteiger partial charge in [-0.25, -0.2) is 15.0 Å². The number of rotatable bonds is 5. The van der Waals surface area contributed by atoms with Crippen LogP contribution in [-0.4, -0.2) is 19.5 Å². The Labute approximate surface area is 340 Å². The van der Waals surface area contributed by atoms with Gasteiger partial charge in [-0.3, -0.25) is 0 Å². The molecule has 0 saturated heterocycles. The zero-order valence-corrected chi connectivity index (χ0v) is 31.9. The highest BCUT2D eigenvalue weighted by molar-refractivity contribution is 6.19. The molecule has 0 atom stereocenters. The van der Waals surface area contributed by atoms with Crippen molar-refractivity contribution in [3.05, 3.63) is 206 Å². The summed E-state index contributed by atoms with van der Waals surface area (Å²) in [6.07, 6.45) is 0. The summed E-state index contributed by atoms with van der Waals surface area (Å²) in [6, 6.07) is 73.2. The Hall–Kier alpha value is -7.95. The van der Waals surface area contributed by atoms with E-state index in [0.29, 0.717) is 0 Å². The molecular formula is C55H34N4. The first-order valence-corrected chi connectivity index (χ1v) is 20.0. The average molecular weight is 751 g/mol. The van der Waals surface area contributed by atoms with E-state index in [9.17, 15) is 0 Å². The Morgan fingerprint density at radius 1 is 0.305 bits per heavy atom. The third-order valence-electron chi connectivity index (χ3n) is 11.7. The number of nitrogens with zero attached hydrogens (tertiary/aromatic N) is 4. The third-order valence-corrected chi connectivity index (χ3v) is 11.7. The molecule has 0 radical (unpaired) electrons. The zero-order chi connectivity index (χ0) is 38.9. The van der Waals surface area contributed by atoms with Crippen LogP contribution in [0.3, 0.4) is 0 Å². The van der Waals surface area contributed by atoms with Crippen LogP contribution in [0, 0.1) is 0 Å². The number of pyridine rings is 3. The summed E-state index contributed by atoms with van der Waals surface area (Å²) >= 11 is 0. The smallest absolute Gasteiger partial charge is 0.0972 e. The maximum atomic E-state index is 5.38. The summed E-state index contributed by atoms with van der Waals surface area (Å²) in [5, 5.41) is 7.98. The Kier molecular flexibility index (Phi) is 7.50. The molecule has 0 spiro atoms. The summed E-state index contributed by atoms with van der Waals surface area (Å²) in [5.74, 6) is 0. The van der Waals surface area contributed by atoms with E-state index in [1.165, 1.54) is 16.2 Å². The summed E-state index contributed by atoms with van der Waals surface area (Å²) < 4.78 is 2.39. The average Bonchev–Trinajstić information content (AvgIpc) is 3.63. The van der Waals surface area contributed by atoms with Crippen molar-refractivity contribution in [2.45, 2.75) is 0 Å². The van der Waals surface area contributed by atoms with Gasteiger partial charge in [0.05, 0.1) is 44.7 Å². The van der Waals surface area contributed by atoms with Gasteiger partial charge in [0, 0.05) is 54.7 Å². The van der Waals surface area contributed by atoms with Gasteiger partial charge < -0.3 is 4.57 Å². The highest BCUT2D eigenvalue weighted by Gasteiger charge is 2.18. The Bertz CT molecular complexity index is 3590. The minimum Gasteiger partial charge on any atom is -0.309 e. The molecule has 12 aromatic rings. The number of benzene rings is 8. The minimum atomic E-state index is 0.905. The van der Waals surface area contributed by atoms with Gasteiger partial charge in [0.15, 0.2) is 0 Å². The monoisotopic (exact) mass is 750 g/mol. The lowest BCUT2D eigenvalue weighted by Crippen LogP contribution is -1.94. The fourth-order valence-corrected chi connectivity index (χ4v) is 8.87. The summed E-state index contributed by atoms with van der Waals surface area (Å²) in [4.78, 5) is 15.8. The van der Waals surface area contributed by atoms with Gasteiger partial charge in [0.25, 0.3) is 0 Å². The lowest BCUT2D eigenvalue weighted by Gasteiger charge is -2.12. The maximum Gasteiger partial charge on any atom is 0.0972 e. The van der Waals surface area contributed by atoms with Crippen LogP contribution in [0.4, 0.5) is 0 Å². The fraction of sp³-hybridized carbons (Fsp3) is 0. The summed E-state index contributed by atoms with van der Waals surface area (Å²) in [6.45, 7) is 0. The Morgan fingerprint density at radius 2 is 0.864 bits per heavy atom. The predicted molar refractivity (Wildman–Crippen MR) is 246 cm³/mol. The molecular weight excluding hydrogens is 717 g/mol. The van der Waals surface area contributed by atoms with Gasteiger partial charge in [-0.2, -0.15) is 0 Å². The van der Waals surface area contributed by atoms with Gasteiger partial charge in [-0.05, 0) is 71.1 Å². The number of hydrogen-bond acceptors (Lipinski definition) is 3. The van der Waals surface area contributed by atoms with E-state index >= 15 is 0 Å². The molecule has 0 amide bonds. The second-order valence-corrected chi connectivity index (χ2v) is 15.2. The van der Waals surface area contributed by atoms with Gasteiger partial charge in [-0.1, -0.05) is 152 Å². The number of fused-ring (bicyclic) bond motifs is 9. The zero-order valence-electron chi connectivity index (χ0n) is 31.9. The van der Waals surface area contributed by atoms with E-state index in [2.05, 4.69) is 205 Å². The van der Waals surface area contributed by atoms with Crippen LogP contribution in [0.15, 0.2) is 206 Å². The molecule has 0 aliphatic rings. The first-order valence-electron chi connectivity index (χ1n) is 20.0. The molecule has 4 nitrogen and oxygen atoms in total. The normalized spacial score (nSPS) is 11.7. The minimum absolute atomic E-state index is 0.905. The first-order chi connectivity index (χ1) is 29.2. The topological polar surface area (TPSA) is 43.6 Å². The van der Waals surface area contributed by atoms with Crippen molar-refractivity contribution >= 4 is 65.3 Å². The van der Waals surface area contributed by atoms with Gasteiger partial charge in [0.1, 0.15) is 0 Å². The second kappa shape index (κ2) is 13.3. The number of aromatic nitrogens is 4. The molecule has 4 aromatic heterocycles. The fourth-order valence-electron chi connectivity index (χ4n) is 8.87. The standard InChI is InChI=1S/C55H34N4/c1-4-13-35(14-5-1)48-28-25-37-23-24-38-26-29-49(57-55(38)54(37)56-48)41-18-12-17-39(31-41)40-27-30-51-46(32-40)47-33-50-45(34-52(47)59(51)42-19-8-3-9-20-42)43-21-10-11-22-44(43)53(58-50)36-15-6-2-7-16-36/h1-34H. The van der Waals surface area contributed by atoms with Crippen LogP contribution in [0.2, 0.25) is 0 Å². The lowest BCUT2D eigenvalue weighted by atomic mass is 9.98. The molecule has 4 heteroatoms. The van der Waals surface area contributed by atoms with Crippen LogP contribution in [0.1, 0.15) is 0 Å². The first kappa shape index (κ1) is 33.2. The highest BCUT2D eigenvalue weighted by atomic mass is 15.0. The van der Waals surface area contributed by atoms with E-state index in [1.807, 2.05) is 6.07 Å². The van der Waals surface area contributed by atoms with Crippen molar-refractivity contribution in [1.82, 2.24) is 19.5 Å². The van der Waals surface area contributed by atoms with E-state index in [1.54, 1.807) is 0 Å². The van der Waals surface area contributed by atoms with Gasteiger partial charge in [0.2, 0.25) is 0 Å². The predicted octanol–water partition coefficient (Wildman–Crippen LogP) is 14.2. The van der Waals surface area contributed by atoms with Crippen molar-refractivity contribution < 1.29 is 0 Å². The van der Waals surface area contributed by atoms with Crippen LogP contribution < -0.4 is 0 Å². The van der Waals surface area contributed by atoms with Gasteiger partial charge >= 0.3 is 0 Å². The van der Waals surface area contributed by atoms with Crippen LogP contribution in [0.5, 0.6) is 0 Å². The largest absolute Gasteiger partial charge is 0.309 e. The van der Waals surface area contributed by atoms with Crippen molar-refractivity contribution in [3.63, 3.8) is 0 Å². The SMILES string of the molecule is c1ccc(-c2ccc3ccc4ccc(-c5cccc(-c6ccc7c(c6)c6cc8nc(-c9ccccc9)c9ccccc9c8cc6n7-c6ccccc6)c5)nc4c3n2)cc1.